The third-order valence-corrected chi connectivity index (χ3v) is 3.96. The molecule has 1 fully saturated rings. The molecule has 0 aromatic carbocycles. The average Bonchev–Trinajstić information content (AvgIpc) is 2.38. The summed E-state index contributed by atoms with van der Waals surface area (Å²) >= 11 is 2.27. The van der Waals surface area contributed by atoms with Gasteiger partial charge in [0, 0.05) is 32.8 Å². The summed E-state index contributed by atoms with van der Waals surface area (Å²) in [6.45, 7) is 4.36. The molecule has 1 amide bonds. The van der Waals surface area contributed by atoms with Crippen LogP contribution in [-0.2, 0) is 4.79 Å². The van der Waals surface area contributed by atoms with Crippen molar-refractivity contribution < 1.29 is 4.79 Å². The highest BCUT2D eigenvalue weighted by molar-refractivity contribution is 14.1. The lowest BCUT2D eigenvalue weighted by Crippen LogP contribution is -2.38. The number of halogens is 1. The van der Waals surface area contributed by atoms with E-state index in [0.29, 0.717) is 5.92 Å². The summed E-state index contributed by atoms with van der Waals surface area (Å²) in [6.07, 6.45) is 5.63. The monoisotopic (exact) mass is 360 g/mol. The summed E-state index contributed by atoms with van der Waals surface area (Å²) in [5.41, 5.74) is 0. The molecule has 0 atom stereocenters. The maximum atomic E-state index is 10.9. The number of aromatic nitrogens is 2. The molecule has 1 aliphatic rings. The Bertz CT molecular complexity index is 418. The van der Waals surface area contributed by atoms with Crippen molar-refractivity contribution in [2.75, 3.05) is 24.5 Å². The van der Waals surface area contributed by atoms with Crippen molar-refractivity contribution >= 4 is 34.3 Å². The number of hydrogen-bond donors (Lipinski definition) is 1. The topological polar surface area (TPSA) is 58.1 Å². The number of amides is 1. The predicted octanol–water partition coefficient (Wildman–Crippen LogP) is 1.43. The molecule has 1 saturated heterocycles. The van der Waals surface area contributed by atoms with E-state index in [4.69, 9.17) is 0 Å². The minimum Gasteiger partial charge on any atom is -0.356 e. The first-order valence-corrected chi connectivity index (χ1v) is 7.19. The van der Waals surface area contributed by atoms with Gasteiger partial charge in [-0.3, -0.25) is 4.79 Å². The number of hydrogen-bond acceptors (Lipinski definition) is 4. The Morgan fingerprint density at radius 2 is 2.28 bits per heavy atom. The molecule has 0 spiro atoms. The molecule has 0 aliphatic carbocycles. The van der Waals surface area contributed by atoms with Crippen molar-refractivity contribution in [1.29, 1.82) is 0 Å². The number of nitrogens with one attached hydrogen (secondary N) is 1. The molecule has 0 bridgehead atoms. The van der Waals surface area contributed by atoms with Crippen LogP contribution in [0.3, 0.4) is 0 Å². The van der Waals surface area contributed by atoms with Crippen LogP contribution in [0.1, 0.15) is 19.8 Å². The van der Waals surface area contributed by atoms with Crippen LogP contribution in [-0.4, -0.2) is 35.5 Å². The minimum absolute atomic E-state index is 0.0581. The second kappa shape index (κ2) is 6.31. The van der Waals surface area contributed by atoms with Gasteiger partial charge in [-0.1, -0.05) is 0 Å². The van der Waals surface area contributed by atoms with Crippen LogP contribution in [0.25, 0.3) is 0 Å². The van der Waals surface area contributed by atoms with Crippen molar-refractivity contribution in [3.8, 4) is 0 Å². The molecule has 6 heteroatoms. The van der Waals surface area contributed by atoms with Gasteiger partial charge in [0.05, 0.1) is 3.57 Å². The molecule has 5 nitrogen and oxygen atoms in total. The van der Waals surface area contributed by atoms with Gasteiger partial charge < -0.3 is 10.2 Å². The second-order valence-electron chi connectivity index (χ2n) is 4.56. The van der Waals surface area contributed by atoms with E-state index in [0.717, 1.165) is 41.9 Å². The minimum atomic E-state index is 0.0581. The van der Waals surface area contributed by atoms with E-state index in [1.807, 2.05) is 6.20 Å². The van der Waals surface area contributed by atoms with Gasteiger partial charge in [-0.05, 0) is 41.4 Å². The van der Waals surface area contributed by atoms with Gasteiger partial charge in [0.2, 0.25) is 5.91 Å². The Hall–Kier alpha value is -0.920. The van der Waals surface area contributed by atoms with Gasteiger partial charge in [-0.15, -0.1) is 0 Å². The van der Waals surface area contributed by atoms with Crippen molar-refractivity contribution in [1.82, 2.24) is 15.3 Å². The van der Waals surface area contributed by atoms with Gasteiger partial charge in [0.15, 0.2) is 0 Å². The highest BCUT2D eigenvalue weighted by Gasteiger charge is 2.21. The first-order valence-electron chi connectivity index (χ1n) is 6.11. The fraction of sp³-hybridized carbons (Fsp3) is 0.583. The fourth-order valence-electron chi connectivity index (χ4n) is 2.18. The molecule has 2 rings (SSSR count). The average molecular weight is 360 g/mol. The quantitative estimate of drug-likeness (QED) is 0.829. The van der Waals surface area contributed by atoms with Crippen LogP contribution in [0, 0.1) is 9.49 Å². The first kappa shape index (κ1) is 13.5. The molecule has 18 heavy (non-hydrogen) atoms. The second-order valence-corrected chi connectivity index (χ2v) is 5.72. The summed E-state index contributed by atoms with van der Waals surface area (Å²) in [5, 5.41) is 2.90. The first-order chi connectivity index (χ1) is 8.66. The lowest BCUT2D eigenvalue weighted by atomic mass is 9.97. The normalized spacial score (nSPS) is 16.7. The lowest BCUT2D eigenvalue weighted by molar-refractivity contribution is -0.119. The van der Waals surface area contributed by atoms with Crippen molar-refractivity contribution in [3.05, 3.63) is 16.1 Å². The summed E-state index contributed by atoms with van der Waals surface area (Å²) < 4.78 is 1.09. The molecule has 2 heterocycles. The van der Waals surface area contributed by atoms with Crippen molar-refractivity contribution in [3.63, 3.8) is 0 Å². The number of carbonyl (C=O) groups excluding carboxylic acids is 1. The van der Waals surface area contributed by atoms with Crippen molar-refractivity contribution in [2.45, 2.75) is 19.8 Å². The van der Waals surface area contributed by atoms with Crippen LogP contribution in [0.15, 0.2) is 12.5 Å². The van der Waals surface area contributed by atoms with Gasteiger partial charge in [-0.2, -0.15) is 0 Å². The Morgan fingerprint density at radius 3 is 2.89 bits per heavy atom. The molecule has 1 aromatic heterocycles. The molecule has 1 aromatic rings. The van der Waals surface area contributed by atoms with Gasteiger partial charge in [0.1, 0.15) is 12.1 Å². The van der Waals surface area contributed by atoms with E-state index >= 15 is 0 Å². The zero-order valence-corrected chi connectivity index (χ0v) is 12.6. The lowest BCUT2D eigenvalue weighted by Gasteiger charge is -2.33. The number of nitrogens with zero attached hydrogens (tertiary/aromatic N) is 3. The summed E-state index contributed by atoms with van der Waals surface area (Å²) in [7, 11) is 0. The van der Waals surface area contributed by atoms with Crippen LogP contribution < -0.4 is 10.2 Å². The molecule has 1 aliphatic heterocycles. The molecule has 0 saturated carbocycles. The smallest absolute Gasteiger partial charge is 0.216 e. The highest BCUT2D eigenvalue weighted by Crippen LogP contribution is 2.24. The Labute approximate surface area is 121 Å². The van der Waals surface area contributed by atoms with E-state index < -0.39 is 0 Å². The number of rotatable bonds is 3. The van der Waals surface area contributed by atoms with E-state index in [9.17, 15) is 4.79 Å². The van der Waals surface area contributed by atoms with Crippen LogP contribution >= 0.6 is 22.6 Å². The molecule has 98 valence electrons. The zero-order chi connectivity index (χ0) is 13.0. The molecule has 0 unspecified atom stereocenters. The SMILES string of the molecule is CC(=O)NCC1CCN(c2ncncc2I)CC1. The third kappa shape index (κ3) is 3.54. The van der Waals surface area contributed by atoms with Gasteiger partial charge in [0.25, 0.3) is 0 Å². The Balaban J connectivity index is 1.87. The summed E-state index contributed by atoms with van der Waals surface area (Å²) in [5.74, 6) is 1.68. The van der Waals surface area contributed by atoms with E-state index in [2.05, 4.69) is 42.8 Å². The standard InChI is InChI=1S/C12H17IN4O/c1-9(18)15-6-10-2-4-17(5-3-10)12-11(13)7-14-8-16-12/h7-8,10H,2-6H2,1H3,(H,15,18). The highest BCUT2D eigenvalue weighted by atomic mass is 127. The van der Waals surface area contributed by atoms with E-state index in [1.165, 1.54) is 0 Å². The van der Waals surface area contributed by atoms with Crippen LogP contribution in [0.5, 0.6) is 0 Å². The predicted molar refractivity (Wildman–Crippen MR) is 78.4 cm³/mol. The zero-order valence-electron chi connectivity index (χ0n) is 10.4. The summed E-state index contributed by atoms with van der Waals surface area (Å²) in [4.78, 5) is 21.5. The van der Waals surface area contributed by atoms with Gasteiger partial charge in [-0.25, -0.2) is 9.97 Å². The van der Waals surface area contributed by atoms with Crippen molar-refractivity contribution in [2.24, 2.45) is 5.92 Å². The number of piperidine rings is 1. The Morgan fingerprint density at radius 1 is 1.56 bits per heavy atom. The van der Waals surface area contributed by atoms with Crippen LogP contribution in [0.2, 0.25) is 0 Å². The fourth-order valence-corrected chi connectivity index (χ4v) is 2.82. The van der Waals surface area contributed by atoms with E-state index in [-0.39, 0.29) is 5.91 Å². The third-order valence-electron chi connectivity index (χ3n) is 3.20. The maximum absolute atomic E-state index is 10.9. The van der Waals surface area contributed by atoms with Gasteiger partial charge >= 0.3 is 0 Å². The molecular formula is C12H17IN4O. The number of anilines is 1. The summed E-state index contributed by atoms with van der Waals surface area (Å²) in [6, 6.07) is 0. The van der Waals surface area contributed by atoms with E-state index in [1.54, 1.807) is 13.3 Å². The maximum Gasteiger partial charge on any atom is 0.216 e. The van der Waals surface area contributed by atoms with Crippen LogP contribution in [0.4, 0.5) is 5.82 Å². The largest absolute Gasteiger partial charge is 0.356 e. The Kier molecular flexibility index (Phi) is 4.73. The number of carbonyl (C=O) groups is 1. The molecule has 0 radical (unpaired) electrons. The molecule has 1 N–H and O–H groups in total. The molecular weight excluding hydrogens is 343 g/mol.